The summed E-state index contributed by atoms with van der Waals surface area (Å²) in [5.41, 5.74) is 2.10. The van der Waals surface area contributed by atoms with E-state index in [4.69, 9.17) is 0 Å². The van der Waals surface area contributed by atoms with Gasteiger partial charge in [-0.1, -0.05) is 22.0 Å². The van der Waals surface area contributed by atoms with E-state index < -0.39 is 6.10 Å². The first-order valence-corrected chi connectivity index (χ1v) is 7.42. The van der Waals surface area contributed by atoms with Gasteiger partial charge in [0.25, 0.3) is 0 Å². The smallest absolute Gasteiger partial charge is 0.0772 e. The minimum atomic E-state index is -0.431. The van der Waals surface area contributed by atoms with Crippen LogP contribution in [0, 0.1) is 0 Å². The van der Waals surface area contributed by atoms with Crippen molar-refractivity contribution in [3.8, 4) is 0 Å². The molecular weight excluding hydrogens is 286 g/mol. The second-order valence-electron chi connectivity index (χ2n) is 3.80. The average Bonchev–Trinajstić information content (AvgIpc) is 2.25. The van der Waals surface area contributed by atoms with Crippen molar-refractivity contribution in [2.45, 2.75) is 13.0 Å². The number of aliphatic hydroxyl groups excluding tert-OH is 1. The molecule has 0 amide bonds. The van der Waals surface area contributed by atoms with E-state index in [0.717, 1.165) is 22.3 Å². The molecule has 0 saturated heterocycles. The highest BCUT2D eigenvalue weighted by molar-refractivity contribution is 9.10. The van der Waals surface area contributed by atoms with Crippen LogP contribution >= 0.6 is 27.7 Å². The van der Waals surface area contributed by atoms with Crippen LogP contribution in [-0.4, -0.2) is 30.7 Å². The van der Waals surface area contributed by atoms with Gasteiger partial charge in [0.15, 0.2) is 0 Å². The highest BCUT2D eigenvalue weighted by atomic mass is 79.9. The third-order valence-corrected chi connectivity index (χ3v) is 3.78. The van der Waals surface area contributed by atoms with Crippen LogP contribution in [-0.2, 0) is 0 Å². The van der Waals surface area contributed by atoms with Gasteiger partial charge in [0, 0.05) is 29.5 Å². The molecule has 0 aliphatic carbocycles. The molecule has 4 heteroatoms. The summed E-state index contributed by atoms with van der Waals surface area (Å²) >= 11 is 5.34. The lowest BCUT2D eigenvalue weighted by Gasteiger charge is -2.20. The summed E-state index contributed by atoms with van der Waals surface area (Å²) in [6.07, 6.45) is 1.68. The fourth-order valence-electron chi connectivity index (χ4n) is 1.45. The third kappa shape index (κ3) is 3.68. The number of hydrogen-bond donors (Lipinski definition) is 1. The molecule has 0 saturated carbocycles. The van der Waals surface area contributed by atoms with E-state index in [0.29, 0.717) is 0 Å². The first-order chi connectivity index (χ1) is 7.56. The second kappa shape index (κ2) is 6.52. The van der Waals surface area contributed by atoms with Crippen molar-refractivity contribution in [3.05, 3.63) is 28.2 Å². The Kier molecular flexibility index (Phi) is 5.66. The monoisotopic (exact) mass is 303 g/mol. The van der Waals surface area contributed by atoms with Crippen molar-refractivity contribution < 1.29 is 5.11 Å². The maximum atomic E-state index is 9.53. The van der Waals surface area contributed by atoms with Gasteiger partial charge in [0.2, 0.25) is 0 Å². The summed E-state index contributed by atoms with van der Waals surface area (Å²) in [4.78, 5) is 2.22. The van der Waals surface area contributed by atoms with Crippen LogP contribution in [0.4, 0.5) is 5.69 Å². The van der Waals surface area contributed by atoms with Gasteiger partial charge in [0.1, 0.15) is 0 Å². The molecule has 1 aromatic carbocycles. The van der Waals surface area contributed by atoms with E-state index in [-0.39, 0.29) is 0 Å². The summed E-state index contributed by atoms with van der Waals surface area (Å²) < 4.78 is 0.969. The van der Waals surface area contributed by atoms with Crippen LogP contribution in [0.1, 0.15) is 18.6 Å². The minimum Gasteiger partial charge on any atom is -0.389 e. The maximum absolute atomic E-state index is 9.53. The van der Waals surface area contributed by atoms with Crippen LogP contribution in [0.25, 0.3) is 0 Å². The molecule has 0 aliphatic heterocycles. The van der Waals surface area contributed by atoms with Gasteiger partial charge in [-0.25, -0.2) is 0 Å². The van der Waals surface area contributed by atoms with Crippen molar-refractivity contribution >= 4 is 33.4 Å². The lowest BCUT2D eigenvalue weighted by atomic mass is 10.1. The number of hydrogen-bond acceptors (Lipinski definition) is 3. The Morgan fingerprint density at radius 3 is 2.69 bits per heavy atom. The number of nitrogens with zero attached hydrogens (tertiary/aromatic N) is 1. The molecule has 0 fully saturated rings. The standard InChI is InChI=1S/C12H18BrNOS/c1-9(15)11-5-4-10(8-12(11)13)14(2)6-7-16-3/h4-5,8-9,15H,6-7H2,1-3H3/t9-/m1/s1. The number of aliphatic hydroxyl groups is 1. The fourth-order valence-corrected chi connectivity index (χ4v) is 2.60. The molecule has 0 heterocycles. The zero-order chi connectivity index (χ0) is 12.1. The van der Waals surface area contributed by atoms with Crippen LogP contribution in [0.5, 0.6) is 0 Å². The van der Waals surface area contributed by atoms with E-state index in [1.807, 2.05) is 23.9 Å². The van der Waals surface area contributed by atoms with Crippen molar-refractivity contribution in [2.75, 3.05) is 30.5 Å². The molecule has 1 atom stereocenters. The minimum absolute atomic E-state index is 0.431. The number of halogens is 1. The largest absolute Gasteiger partial charge is 0.389 e. The molecule has 0 spiro atoms. The van der Waals surface area contributed by atoms with Gasteiger partial charge in [-0.15, -0.1) is 0 Å². The van der Waals surface area contributed by atoms with Crippen LogP contribution < -0.4 is 4.90 Å². The summed E-state index contributed by atoms with van der Waals surface area (Å²) in [6.45, 7) is 2.80. The van der Waals surface area contributed by atoms with Crippen LogP contribution in [0.15, 0.2) is 22.7 Å². The predicted molar refractivity (Wildman–Crippen MR) is 76.4 cm³/mol. The Balaban J connectivity index is 2.80. The molecule has 0 aromatic heterocycles. The molecule has 0 bridgehead atoms. The van der Waals surface area contributed by atoms with Gasteiger partial charge >= 0.3 is 0 Å². The quantitative estimate of drug-likeness (QED) is 0.903. The molecular formula is C12H18BrNOS. The second-order valence-corrected chi connectivity index (χ2v) is 5.64. The SMILES string of the molecule is CSCCN(C)c1ccc([C@@H](C)O)c(Br)c1. The maximum Gasteiger partial charge on any atom is 0.0772 e. The van der Waals surface area contributed by atoms with Crippen LogP contribution in [0.2, 0.25) is 0 Å². The van der Waals surface area contributed by atoms with Crippen molar-refractivity contribution in [1.29, 1.82) is 0 Å². The molecule has 2 nitrogen and oxygen atoms in total. The van der Waals surface area contributed by atoms with Gasteiger partial charge in [-0.2, -0.15) is 11.8 Å². The Labute approximate surface area is 110 Å². The summed E-state index contributed by atoms with van der Waals surface area (Å²) in [5, 5.41) is 9.53. The highest BCUT2D eigenvalue weighted by Gasteiger charge is 2.08. The predicted octanol–water partition coefficient (Wildman–Crippen LogP) is 3.30. The normalized spacial score (nSPS) is 12.6. The van der Waals surface area contributed by atoms with Crippen LogP contribution in [0.3, 0.4) is 0 Å². The van der Waals surface area contributed by atoms with Crippen molar-refractivity contribution in [1.82, 2.24) is 0 Å². The summed E-state index contributed by atoms with van der Waals surface area (Å²) in [5.74, 6) is 1.12. The Morgan fingerprint density at radius 1 is 1.50 bits per heavy atom. The first kappa shape index (κ1) is 13.9. The molecule has 1 N–H and O–H groups in total. The van der Waals surface area contributed by atoms with Crippen molar-refractivity contribution in [2.24, 2.45) is 0 Å². The van der Waals surface area contributed by atoms with E-state index in [2.05, 4.69) is 40.2 Å². The van der Waals surface area contributed by atoms with E-state index in [9.17, 15) is 5.11 Å². The molecule has 1 aromatic rings. The van der Waals surface area contributed by atoms with E-state index >= 15 is 0 Å². The fraction of sp³-hybridized carbons (Fsp3) is 0.500. The first-order valence-electron chi connectivity index (χ1n) is 5.24. The highest BCUT2D eigenvalue weighted by Crippen LogP contribution is 2.27. The average molecular weight is 304 g/mol. The molecule has 90 valence electrons. The lowest BCUT2D eigenvalue weighted by Crippen LogP contribution is -2.20. The Bertz CT molecular complexity index is 344. The lowest BCUT2D eigenvalue weighted by molar-refractivity contribution is 0.198. The summed E-state index contributed by atoms with van der Waals surface area (Å²) in [6, 6.07) is 6.08. The molecule has 16 heavy (non-hydrogen) atoms. The molecule has 1 rings (SSSR count). The third-order valence-electron chi connectivity index (χ3n) is 2.51. The Morgan fingerprint density at radius 2 is 2.19 bits per heavy atom. The summed E-state index contributed by atoms with van der Waals surface area (Å²) in [7, 11) is 2.08. The number of anilines is 1. The van der Waals surface area contributed by atoms with Gasteiger partial charge in [0.05, 0.1) is 6.10 Å². The number of benzene rings is 1. The van der Waals surface area contributed by atoms with Gasteiger partial charge in [-0.3, -0.25) is 0 Å². The zero-order valence-corrected chi connectivity index (χ0v) is 12.3. The zero-order valence-electron chi connectivity index (χ0n) is 9.90. The molecule has 0 radical (unpaired) electrons. The number of rotatable bonds is 5. The number of thioether (sulfide) groups is 1. The topological polar surface area (TPSA) is 23.5 Å². The molecule has 0 unspecified atom stereocenters. The van der Waals surface area contributed by atoms with E-state index in [1.165, 1.54) is 5.69 Å². The molecule has 0 aliphatic rings. The van der Waals surface area contributed by atoms with Gasteiger partial charge < -0.3 is 10.0 Å². The van der Waals surface area contributed by atoms with Gasteiger partial charge in [-0.05, 0) is 30.9 Å². The Hall–Kier alpha value is -0.190. The van der Waals surface area contributed by atoms with Crippen molar-refractivity contribution in [3.63, 3.8) is 0 Å². The van der Waals surface area contributed by atoms with E-state index in [1.54, 1.807) is 6.92 Å².